The second-order valence-corrected chi connectivity index (χ2v) is 3.28. The molecular weight excluding hydrogens is 305 g/mol. The molecular formula is C4H13Al2ClN4O7. The second kappa shape index (κ2) is 14.5. The zero-order valence-corrected chi connectivity index (χ0v) is 11.9. The number of halogens is 1. The lowest BCUT2D eigenvalue weighted by atomic mass is 10.5. The van der Waals surface area contributed by atoms with Crippen molar-refractivity contribution in [3.63, 3.8) is 0 Å². The van der Waals surface area contributed by atoms with E-state index in [1.807, 2.05) is 5.32 Å². The average Bonchev–Trinajstić information content (AvgIpc) is 2.30. The lowest BCUT2D eigenvalue weighted by Crippen LogP contribution is -2.50. The molecule has 12 N–H and O–H groups in total. The Labute approximate surface area is 122 Å². The molecule has 5 amide bonds. The van der Waals surface area contributed by atoms with Crippen LogP contribution in [0.5, 0.6) is 0 Å². The van der Waals surface area contributed by atoms with Crippen molar-refractivity contribution >= 4 is 59.9 Å². The highest BCUT2D eigenvalue weighted by Gasteiger charge is 2.30. The maximum Gasteiger partial charge on any atom is 0.520 e. The summed E-state index contributed by atoms with van der Waals surface area (Å²) in [5, 5.41) is 6.35. The number of carbonyl (C=O) groups excluding carboxylic acids is 3. The van der Waals surface area contributed by atoms with E-state index in [-0.39, 0.29) is 39.3 Å². The van der Waals surface area contributed by atoms with Crippen molar-refractivity contribution in [1.29, 1.82) is 0 Å². The molecule has 4 radical (unpaired) electrons. The van der Waals surface area contributed by atoms with Crippen LogP contribution in [0.1, 0.15) is 0 Å². The van der Waals surface area contributed by atoms with Crippen LogP contribution in [0.4, 0.5) is 9.59 Å². The number of hydrogen-bond acceptors (Lipinski definition) is 3. The van der Waals surface area contributed by atoms with Crippen LogP contribution in [0, 0.1) is 0 Å². The van der Waals surface area contributed by atoms with Crippen LogP contribution in [-0.2, 0) is 4.79 Å². The largest absolute Gasteiger partial charge is 0.520 e. The Morgan fingerprint density at radius 3 is 2.06 bits per heavy atom. The van der Waals surface area contributed by atoms with Crippen molar-refractivity contribution < 1.29 is 36.3 Å². The van der Waals surface area contributed by atoms with Crippen molar-refractivity contribution in [2.75, 3.05) is 0 Å². The van der Waals surface area contributed by atoms with Gasteiger partial charge in [-0.05, 0) is 0 Å². The predicted molar refractivity (Wildman–Crippen MR) is 63.9 cm³/mol. The summed E-state index contributed by atoms with van der Waals surface area (Å²) in [7, 11) is 5.27. The molecule has 0 aromatic rings. The lowest BCUT2D eigenvalue weighted by molar-refractivity contribution is -0.120. The molecule has 14 heteroatoms. The number of carbonyl (C=O) groups is 3. The molecule has 1 fully saturated rings. The third-order valence-electron chi connectivity index (χ3n) is 1.24. The van der Waals surface area contributed by atoms with E-state index in [2.05, 4.69) is 14.9 Å². The number of amides is 5. The van der Waals surface area contributed by atoms with Gasteiger partial charge < -0.3 is 36.8 Å². The van der Waals surface area contributed by atoms with Gasteiger partial charge in [0.1, 0.15) is 0 Å². The van der Waals surface area contributed by atoms with E-state index in [0.717, 1.165) is 0 Å². The molecule has 1 heterocycles. The summed E-state index contributed by atoms with van der Waals surface area (Å²) in [6.45, 7) is 0. The smallest absolute Gasteiger partial charge is 0.421 e. The zero-order chi connectivity index (χ0) is 9.84. The third kappa shape index (κ3) is 9.44. The van der Waals surface area contributed by atoms with Gasteiger partial charge in [0, 0.05) is 17.4 Å². The molecule has 18 heavy (non-hydrogen) atoms. The van der Waals surface area contributed by atoms with Crippen molar-refractivity contribution in [3.8, 4) is 0 Å². The van der Waals surface area contributed by atoms with Crippen LogP contribution in [0.15, 0.2) is 0 Å². The van der Waals surface area contributed by atoms with Crippen molar-refractivity contribution in [1.82, 2.24) is 20.3 Å². The van der Waals surface area contributed by atoms with E-state index in [1.165, 1.54) is 0 Å². The molecule has 0 bridgehead atoms. The Morgan fingerprint density at radius 1 is 1.22 bits per heavy atom. The summed E-state index contributed by atoms with van der Waals surface area (Å²) in [4.78, 5) is 32.3. The normalized spacial score (nSPS) is 14.6. The first-order valence-corrected chi connectivity index (χ1v) is 5.56. The fourth-order valence-electron chi connectivity index (χ4n) is 0.741. The highest BCUT2D eigenvalue weighted by Crippen LogP contribution is 1.87. The zero-order valence-electron chi connectivity index (χ0n) is 8.83. The van der Waals surface area contributed by atoms with Crippen molar-refractivity contribution in [2.24, 2.45) is 0 Å². The van der Waals surface area contributed by atoms with Crippen LogP contribution in [-0.4, -0.2) is 77.9 Å². The topological polar surface area (TPSA) is 225 Å². The van der Waals surface area contributed by atoms with Gasteiger partial charge in [0.2, 0.25) is 0 Å². The fraction of sp³-hybridized carbons (Fsp3) is 0.250. The highest BCUT2D eigenvalue weighted by atomic mass is 35.6. The molecule has 104 valence electrons. The summed E-state index contributed by atoms with van der Waals surface area (Å²) < 4.78 is 2.28. The monoisotopic (exact) mass is 318 g/mol. The number of rotatable bonds is 2. The van der Waals surface area contributed by atoms with Gasteiger partial charge in [-0.25, -0.2) is 14.8 Å². The van der Waals surface area contributed by atoms with Gasteiger partial charge in [-0.1, -0.05) is 0 Å². The van der Waals surface area contributed by atoms with Gasteiger partial charge in [0.25, 0.3) is 11.9 Å². The summed E-state index contributed by atoms with van der Waals surface area (Å²) in [5.74, 6) is -0.593. The molecule has 11 nitrogen and oxygen atoms in total. The minimum atomic E-state index is -1.02. The first-order valence-electron chi connectivity index (χ1n) is 3.24. The minimum absolute atomic E-state index is 0. The Morgan fingerprint density at radius 2 is 1.72 bits per heavy atom. The summed E-state index contributed by atoms with van der Waals surface area (Å²) in [5.41, 5.74) is 0. The van der Waals surface area contributed by atoms with Gasteiger partial charge in [0.15, 0.2) is 6.17 Å². The third-order valence-corrected chi connectivity index (χ3v) is 1.93. The van der Waals surface area contributed by atoms with Crippen LogP contribution in [0.3, 0.4) is 0 Å². The molecule has 1 aliphatic rings. The Hall–Kier alpha value is -0.595. The molecule has 0 aliphatic carbocycles. The van der Waals surface area contributed by atoms with E-state index < -0.39 is 38.7 Å². The summed E-state index contributed by atoms with van der Waals surface area (Å²) >= 11 is -0.711. The predicted octanol–water partition coefficient (Wildman–Crippen LogP) is -5.46. The molecule has 0 saturated carbocycles. The molecule has 1 unspecified atom stereocenters. The summed E-state index contributed by atoms with van der Waals surface area (Å²) in [6.07, 6.45) is -1.02. The highest BCUT2D eigenvalue weighted by molar-refractivity contribution is 6.93. The Balaban J connectivity index is -0.000000113. The van der Waals surface area contributed by atoms with E-state index in [4.69, 9.17) is 10.0 Å². The van der Waals surface area contributed by atoms with E-state index >= 15 is 0 Å². The van der Waals surface area contributed by atoms with E-state index in [1.54, 1.807) is 0 Å². The molecule has 1 aliphatic heterocycles. The van der Waals surface area contributed by atoms with Gasteiger partial charge in [-0.15, -0.1) is 0 Å². The van der Waals surface area contributed by atoms with Crippen LogP contribution < -0.4 is 20.3 Å². The maximum atomic E-state index is 10.9. The molecule has 0 aromatic carbocycles. The van der Waals surface area contributed by atoms with Crippen LogP contribution in [0.2, 0.25) is 0 Å². The summed E-state index contributed by atoms with van der Waals surface area (Å²) in [6, 6.07) is -1.22. The number of hydrogen-bond donors (Lipinski definition) is 4. The van der Waals surface area contributed by atoms with E-state index in [9.17, 15) is 14.4 Å². The number of urea groups is 2. The average molecular weight is 319 g/mol. The number of imide groups is 1. The molecule has 0 spiro atoms. The molecule has 1 saturated heterocycles. The Bertz CT molecular complexity index is 270. The molecule has 1 atom stereocenters. The quantitative estimate of drug-likeness (QED) is 0.289. The maximum absolute atomic E-state index is 10.9. The molecule has 1 rings (SSSR count). The first kappa shape index (κ1) is 30.4. The fourth-order valence-corrected chi connectivity index (χ4v) is 1.22. The standard InChI is InChI=1S/C4H6N4O3.2Al.ClH.4H2O/c5-3(10)6-1-2(9)8-4(11)7-1;;;;;;;/h1H,(H5,5,6,7,8,9,10,11);;;1H;4*1H2/q;;+2;;;;;/p-2. The van der Waals surface area contributed by atoms with Gasteiger partial charge >= 0.3 is 20.5 Å². The second-order valence-electron chi connectivity index (χ2n) is 2.12. The first-order chi connectivity index (χ1) is 6.13. The van der Waals surface area contributed by atoms with Gasteiger partial charge in [-0.2, -0.15) is 0 Å². The van der Waals surface area contributed by atoms with Crippen LogP contribution in [0.25, 0.3) is 0 Å². The minimum Gasteiger partial charge on any atom is -0.421 e. The number of nitrogens with one attached hydrogen (secondary N) is 4. The van der Waals surface area contributed by atoms with Crippen LogP contribution >= 0.6 is 10.0 Å². The van der Waals surface area contributed by atoms with Crippen molar-refractivity contribution in [3.05, 3.63) is 0 Å². The van der Waals surface area contributed by atoms with Crippen molar-refractivity contribution in [2.45, 2.75) is 6.17 Å². The molecule has 0 aromatic heterocycles. The SMILES string of the molecule is O.O.O.O.O=C([NH][Al][Cl])NC1NC(=O)NC1=O.[Al]. The van der Waals surface area contributed by atoms with Gasteiger partial charge in [0.05, 0.1) is 0 Å². The Kier molecular flexibility index (Phi) is 24.5. The van der Waals surface area contributed by atoms with E-state index in [0.29, 0.717) is 0 Å². The lowest BCUT2D eigenvalue weighted by Gasteiger charge is -2.09. The van der Waals surface area contributed by atoms with Gasteiger partial charge in [-0.3, -0.25) is 14.9 Å².